The topological polar surface area (TPSA) is 64.1 Å². The smallest absolute Gasteiger partial charge is 0.254 e. The van der Waals surface area contributed by atoms with Crippen LogP contribution in [-0.2, 0) is 14.9 Å². The lowest BCUT2D eigenvalue weighted by atomic mass is 9.88. The first kappa shape index (κ1) is 17.9. The predicted molar refractivity (Wildman–Crippen MR) is 91.3 cm³/mol. The lowest BCUT2D eigenvalue weighted by Crippen LogP contribution is -2.34. The fourth-order valence-corrected chi connectivity index (χ4v) is 2.88. The third-order valence-electron chi connectivity index (χ3n) is 4.34. The third kappa shape index (κ3) is 5.27. The Hall–Kier alpha value is -1.49. The van der Waals surface area contributed by atoms with Crippen molar-refractivity contribution in [1.82, 2.24) is 10.2 Å². The minimum Gasteiger partial charge on any atom is -0.365 e. The van der Waals surface area contributed by atoms with Crippen molar-refractivity contribution in [3.63, 3.8) is 0 Å². The van der Waals surface area contributed by atoms with Gasteiger partial charge in [0.1, 0.15) is 6.10 Å². The summed E-state index contributed by atoms with van der Waals surface area (Å²) in [7, 11) is 0. The molecule has 1 fully saturated rings. The molecule has 1 aromatic heterocycles. The van der Waals surface area contributed by atoms with Crippen LogP contribution >= 0.6 is 0 Å². The number of nitrogens with one attached hydrogen (secondary N) is 1. The van der Waals surface area contributed by atoms with Crippen LogP contribution in [0.2, 0.25) is 0 Å². The molecule has 1 aliphatic carbocycles. The molecule has 5 heteroatoms. The van der Waals surface area contributed by atoms with Crippen molar-refractivity contribution in [3.8, 4) is 0 Å². The fourth-order valence-electron chi connectivity index (χ4n) is 2.88. The van der Waals surface area contributed by atoms with Gasteiger partial charge in [-0.2, -0.15) is 5.10 Å². The van der Waals surface area contributed by atoms with E-state index in [2.05, 4.69) is 43.2 Å². The zero-order chi connectivity index (χ0) is 17.0. The molecule has 2 rings (SSSR count). The Morgan fingerprint density at radius 2 is 2.04 bits per heavy atom. The Balaban J connectivity index is 1.88. The highest BCUT2D eigenvalue weighted by atomic mass is 16.5. The van der Waals surface area contributed by atoms with Crippen LogP contribution in [0.5, 0.6) is 0 Å². The molecule has 1 heterocycles. The maximum Gasteiger partial charge on any atom is 0.254 e. The molecule has 0 unspecified atom stereocenters. The first-order valence-electron chi connectivity index (χ1n) is 8.56. The Bertz CT molecular complexity index is 522. The van der Waals surface area contributed by atoms with E-state index in [1.165, 1.54) is 12.8 Å². The van der Waals surface area contributed by atoms with Gasteiger partial charge < -0.3 is 10.1 Å². The first-order chi connectivity index (χ1) is 10.8. The van der Waals surface area contributed by atoms with Crippen LogP contribution < -0.4 is 5.32 Å². The standard InChI is InChI=1S/C18H29N3O2/c1-12-7-6-8-14(11-12)23-13(2)17(22)19-16-10-9-15(20-21-16)18(3,4)5/h9-10,12-14H,6-8,11H2,1-5H3,(H,19,21,22)/t12-,13+,14+/m1/s1. The molecule has 0 aromatic carbocycles. The highest BCUT2D eigenvalue weighted by molar-refractivity contribution is 5.92. The van der Waals surface area contributed by atoms with Crippen molar-refractivity contribution in [2.24, 2.45) is 5.92 Å². The quantitative estimate of drug-likeness (QED) is 0.919. The fraction of sp³-hybridized carbons (Fsp3) is 0.722. The molecule has 1 N–H and O–H groups in total. The van der Waals surface area contributed by atoms with Crippen molar-refractivity contribution < 1.29 is 9.53 Å². The predicted octanol–water partition coefficient (Wildman–Crippen LogP) is 3.70. The maximum absolute atomic E-state index is 12.2. The lowest BCUT2D eigenvalue weighted by Gasteiger charge is -2.28. The van der Waals surface area contributed by atoms with Gasteiger partial charge in [-0.1, -0.05) is 40.5 Å². The second-order valence-corrected chi connectivity index (χ2v) is 7.72. The van der Waals surface area contributed by atoms with Gasteiger partial charge in [-0.15, -0.1) is 5.10 Å². The average molecular weight is 319 g/mol. The monoisotopic (exact) mass is 319 g/mol. The van der Waals surface area contributed by atoms with Gasteiger partial charge in [-0.25, -0.2) is 0 Å². The summed E-state index contributed by atoms with van der Waals surface area (Å²) in [4.78, 5) is 12.2. The van der Waals surface area contributed by atoms with Crippen LogP contribution in [0.1, 0.15) is 66.0 Å². The number of amides is 1. The molecule has 0 radical (unpaired) electrons. The van der Waals surface area contributed by atoms with E-state index in [4.69, 9.17) is 4.74 Å². The van der Waals surface area contributed by atoms with E-state index in [1.807, 2.05) is 6.07 Å². The number of rotatable bonds is 4. The van der Waals surface area contributed by atoms with E-state index in [-0.39, 0.29) is 17.4 Å². The zero-order valence-electron chi connectivity index (χ0n) is 14.9. The lowest BCUT2D eigenvalue weighted by molar-refractivity contribution is -0.131. The van der Waals surface area contributed by atoms with Gasteiger partial charge in [0.25, 0.3) is 5.91 Å². The Morgan fingerprint density at radius 3 is 2.61 bits per heavy atom. The molecule has 23 heavy (non-hydrogen) atoms. The molecule has 1 aliphatic rings. The Kier molecular flexibility index (Phi) is 5.74. The molecular formula is C18H29N3O2. The van der Waals surface area contributed by atoms with Gasteiger partial charge in [-0.3, -0.25) is 4.79 Å². The van der Waals surface area contributed by atoms with Crippen LogP contribution in [-0.4, -0.2) is 28.3 Å². The number of aromatic nitrogens is 2. The average Bonchev–Trinajstić information content (AvgIpc) is 2.46. The summed E-state index contributed by atoms with van der Waals surface area (Å²) in [5.41, 5.74) is 0.847. The third-order valence-corrected chi connectivity index (χ3v) is 4.34. The van der Waals surface area contributed by atoms with Crippen molar-refractivity contribution in [2.45, 2.75) is 77.9 Å². The molecule has 0 spiro atoms. The van der Waals surface area contributed by atoms with E-state index >= 15 is 0 Å². The van der Waals surface area contributed by atoms with Crippen LogP contribution in [0.15, 0.2) is 12.1 Å². The number of carbonyl (C=O) groups is 1. The normalized spacial score (nSPS) is 23.3. The number of nitrogens with zero attached hydrogens (tertiary/aromatic N) is 2. The van der Waals surface area contributed by atoms with Gasteiger partial charge >= 0.3 is 0 Å². The molecule has 3 atom stereocenters. The molecule has 1 aromatic rings. The Labute approximate surface area is 139 Å². The second-order valence-electron chi connectivity index (χ2n) is 7.72. The maximum atomic E-state index is 12.2. The van der Waals surface area contributed by atoms with E-state index in [0.29, 0.717) is 11.7 Å². The summed E-state index contributed by atoms with van der Waals surface area (Å²) < 4.78 is 5.91. The van der Waals surface area contributed by atoms with E-state index < -0.39 is 6.10 Å². The first-order valence-corrected chi connectivity index (χ1v) is 8.56. The summed E-state index contributed by atoms with van der Waals surface area (Å²) in [5, 5.41) is 11.1. The zero-order valence-corrected chi connectivity index (χ0v) is 14.9. The van der Waals surface area contributed by atoms with Crippen LogP contribution in [0, 0.1) is 5.92 Å². The Morgan fingerprint density at radius 1 is 1.30 bits per heavy atom. The van der Waals surface area contributed by atoms with Crippen LogP contribution in [0.25, 0.3) is 0 Å². The van der Waals surface area contributed by atoms with Gasteiger partial charge in [0.2, 0.25) is 0 Å². The van der Waals surface area contributed by atoms with E-state index in [1.54, 1.807) is 13.0 Å². The molecule has 128 valence electrons. The van der Waals surface area contributed by atoms with Crippen molar-refractivity contribution in [2.75, 3.05) is 5.32 Å². The summed E-state index contributed by atoms with van der Waals surface area (Å²) in [6.07, 6.45) is 4.23. The molecule has 1 saturated carbocycles. The highest BCUT2D eigenvalue weighted by Gasteiger charge is 2.24. The van der Waals surface area contributed by atoms with Gasteiger partial charge in [-0.05, 0) is 37.8 Å². The molecule has 0 saturated heterocycles. The SMILES string of the molecule is C[C@@H]1CCC[C@H](O[C@@H](C)C(=O)Nc2ccc(C(C)(C)C)nn2)C1. The summed E-state index contributed by atoms with van der Waals surface area (Å²) in [5.74, 6) is 0.983. The van der Waals surface area contributed by atoms with Crippen molar-refractivity contribution in [1.29, 1.82) is 0 Å². The number of anilines is 1. The molecule has 0 aliphatic heterocycles. The minimum absolute atomic E-state index is 0.0520. The van der Waals surface area contributed by atoms with Crippen molar-refractivity contribution in [3.05, 3.63) is 17.8 Å². The molecular weight excluding hydrogens is 290 g/mol. The molecule has 1 amide bonds. The summed E-state index contributed by atoms with van der Waals surface area (Å²) >= 11 is 0. The molecule has 5 nitrogen and oxygen atoms in total. The summed E-state index contributed by atoms with van der Waals surface area (Å²) in [6, 6.07) is 3.69. The van der Waals surface area contributed by atoms with E-state index in [9.17, 15) is 4.79 Å². The van der Waals surface area contributed by atoms with Crippen LogP contribution in [0.4, 0.5) is 5.82 Å². The largest absolute Gasteiger partial charge is 0.365 e. The minimum atomic E-state index is -0.477. The number of hydrogen-bond acceptors (Lipinski definition) is 4. The van der Waals surface area contributed by atoms with Gasteiger partial charge in [0, 0.05) is 5.41 Å². The number of hydrogen-bond donors (Lipinski definition) is 1. The second kappa shape index (κ2) is 7.39. The van der Waals surface area contributed by atoms with Crippen LogP contribution in [0.3, 0.4) is 0 Å². The number of ether oxygens (including phenoxy) is 1. The van der Waals surface area contributed by atoms with Crippen molar-refractivity contribution >= 4 is 11.7 Å². The molecule has 0 bridgehead atoms. The number of carbonyl (C=O) groups excluding carboxylic acids is 1. The van der Waals surface area contributed by atoms with E-state index in [0.717, 1.165) is 18.5 Å². The van der Waals surface area contributed by atoms with Gasteiger partial charge in [0.05, 0.1) is 11.8 Å². The highest BCUT2D eigenvalue weighted by Crippen LogP contribution is 2.26. The summed E-state index contributed by atoms with van der Waals surface area (Å²) in [6.45, 7) is 10.3. The van der Waals surface area contributed by atoms with Gasteiger partial charge in [0.15, 0.2) is 5.82 Å².